The summed E-state index contributed by atoms with van der Waals surface area (Å²) in [4.78, 5) is 21.1. The molecular weight excluding hydrogens is 260 g/mol. The second-order valence-corrected chi connectivity index (χ2v) is 4.90. The quantitative estimate of drug-likeness (QED) is 0.445. The number of rotatable bonds is 13. The summed E-state index contributed by atoms with van der Waals surface area (Å²) in [5.74, 6) is -2.47. The van der Waals surface area contributed by atoms with Crippen LogP contribution in [0.15, 0.2) is 0 Å². The average molecular weight is 290 g/mol. The summed E-state index contributed by atoms with van der Waals surface area (Å²) in [5, 5.41) is 21.9. The zero-order chi connectivity index (χ0) is 14.5. The lowest BCUT2D eigenvalue weighted by atomic mass is 10.1. The van der Waals surface area contributed by atoms with E-state index in [0.717, 1.165) is 19.3 Å². The van der Waals surface area contributed by atoms with Gasteiger partial charge in [0.25, 0.3) is 0 Å². The molecule has 0 unspecified atom stereocenters. The Hall–Kier alpha value is -1.14. The van der Waals surface area contributed by atoms with Crippen molar-refractivity contribution in [1.82, 2.24) is 11.5 Å². The number of nitrogens with one attached hydrogen (secondary N) is 1. The van der Waals surface area contributed by atoms with Gasteiger partial charge in [0.05, 0.1) is 18.4 Å². The fourth-order valence-electron chi connectivity index (χ4n) is 1.95. The molecule has 0 saturated carbocycles. The number of carbonyl (C=O) groups is 2. The van der Waals surface area contributed by atoms with Crippen LogP contribution < -0.4 is 16.6 Å². The Labute approximate surface area is 121 Å². The highest BCUT2D eigenvalue weighted by molar-refractivity contribution is 5.79. The molecule has 0 fully saturated rings. The largest absolute Gasteiger partial charge is 0.548 e. The van der Waals surface area contributed by atoms with E-state index in [2.05, 4.69) is 12.2 Å². The van der Waals surface area contributed by atoms with Crippen molar-refractivity contribution >= 4 is 11.9 Å². The van der Waals surface area contributed by atoms with Crippen LogP contribution in [0, 0.1) is 0 Å². The van der Waals surface area contributed by atoms with Gasteiger partial charge in [-0.2, -0.15) is 0 Å². The standard InChI is InChI=1S/C14H27NO4.H3N/c1-2-3-4-5-6-7-8-9-10-15-12(14(18)19)11-13(16)17;/h12,15H,2-11H2,1H3,(H,16,17)(H,18,19);1H3/t12-;/m0./s1. The van der Waals surface area contributed by atoms with Crippen molar-refractivity contribution in [3.63, 3.8) is 0 Å². The van der Waals surface area contributed by atoms with E-state index in [1.807, 2.05) is 0 Å². The van der Waals surface area contributed by atoms with Gasteiger partial charge in [-0.25, -0.2) is 0 Å². The molecule has 0 rings (SSSR count). The maximum atomic E-state index is 10.7. The number of hydrogen-bond donors (Lipinski definition) is 3. The molecule has 6 heteroatoms. The Morgan fingerprint density at radius 1 is 1.05 bits per heavy atom. The van der Waals surface area contributed by atoms with Crippen LogP contribution in [0.5, 0.6) is 0 Å². The zero-order valence-electron chi connectivity index (χ0n) is 12.8. The fourth-order valence-corrected chi connectivity index (χ4v) is 1.95. The van der Waals surface area contributed by atoms with Crippen LogP contribution in [0.4, 0.5) is 0 Å². The first-order chi connectivity index (χ1) is 9.07. The minimum Gasteiger partial charge on any atom is -0.548 e. The molecule has 0 radical (unpaired) electrons. The Kier molecular flexibility index (Phi) is 15.1. The van der Waals surface area contributed by atoms with Crippen LogP contribution in [0.25, 0.3) is 0 Å². The molecule has 6 N–H and O–H groups in total. The molecule has 0 amide bonds. The van der Waals surface area contributed by atoms with Crippen LogP contribution in [0.3, 0.4) is 0 Å². The normalized spacial score (nSPS) is 11.7. The number of hydrogen-bond acceptors (Lipinski definition) is 4. The van der Waals surface area contributed by atoms with Crippen LogP contribution in [-0.2, 0) is 9.59 Å². The molecule has 1 atom stereocenters. The van der Waals surface area contributed by atoms with Crippen LogP contribution in [0.2, 0.25) is 0 Å². The van der Waals surface area contributed by atoms with Crippen LogP contribution >= 0.6 is 0 Å². The Bertz CT molecular complexity index is 260. The number of aliphatic carboxylic acids is 2. The fraction of sp³-hybridized carbons (Fsp3) is 0.857. The molecule has 0 aliphatic heterocycles. The van der Waals surface area contributed by atoms with E-state index in [4.69, 9.17) is 5.11 Å². The van der Waals surface area contributed by atoms with E-state index in [-0.39, 0.29) is 6.15 Å². The summed E-state index contributed by atoms with van der Waals surface area (Å²) in [6.07, 6.45) is 8.96. The monoisotopic (exact) mass is 290 g/mol. The van der Waals surface area contributed by atoms with Gasteiger partial charge in [0.1, 0.15) is 0 Å². The number of carboxylic acids is 2. The van der Waals surface area contributed by atoms with Gasteiger partial charge in [-0.3, -0.25) is 4.79 Å². The summed E-state index contributed by atoms with van der Waals surface area (Å²) in [7, 11) is 0. The molecule has 0 spiro atoms. The summed E-state index contributed by atoms with van der Waals surface area (Å²) in [6.45, 7) is 2.72. The molecule has 0 aromatic carbocycles. The third-order valence-electron chi connectivity index (χ3n) is 3.08. The predicted molar refractivity (Wildman–Crippen MR) is 77.6 cm³/mol. The smallest absolute Gasteiger partial charge is 0.305 e. The second-order valence-electron chi connectivity index (χ2n) is 4.90. The van der Waals surface area contributed by atoms with E-state index in [9.17, 15) is 14.7 Å². The lowest BCUT2D eigenvalue weighted by Gasteiger charge is -2.17. The van der Waals surface area contributed by atoms with Gasteiger partial charge in [0, 0.05) is 0 Å². The van der Waals surface area contributed by atoms with E-state index in [1.54, 1.807) is 0 Å². The molecule has 0 aliphatic carbocycles. The summed E-state index contributed by atoms with van der Waals surface area (Å²) >= 11 is 0. The molecule has 0 saturated heterocycles. The summed E-state index contributed by atoms with van der Waals surface area (Å²) in [5.41, 5.74) is 0. The van der Waals surface area contributed by atoms with Crippen LogP contribution in [-0.4, -0.2) is 29.6 Å². The van der Waals surface area contributed by atoms with Crippen molar-refractivity contribution in [2.24, 2.45) is 0 Å². The minimum atomic E-state index is -1.35. The number of carboxylic acid groups (broad SMARTS) is 2. The molecular formula is C14H30N2O4. The molecule has 0 aromatic rings. The molecule has 0 heterocycles. The lowest BCUT2D eigenvalue weighted by Crippen LogP contribution is -2.46. The highest BCUT2D eigenvalue weighted by Crippen LogP contribution is 2.08. The summed E-state index contributed by atoms with van der Waals surface area (Å²) < 4.78 is 0. The van der Waals surface area contributed by atoms with Crippen molar-refractivity contribution in [1.29, 1.82) is 0 Å². The first kappa shape index (κ1) is 21.2. The van der Waals surface area contributed by atoms with E-state index < -0.39 is 24.4 Å². The maximum absolute atomic E-state index is 10.7. The highest BCUT2D eigenvalue weighted by atomic mass is 16.4. The third kappa shape index (κ3) is 13.3. The van der Waals surface area contributed by atoms with Gasteiger partial charge in [0.2, 0.25) is 0 Å². The molecule has 0 aliphatic rings. The molecule has 120 valence electrons. The van der Waals surface area contributed by atoms with Crippen LogP contribution in [0.1, 0.15) is 64.7 Å². The Morgan fingerprint density at radius 3 is 2.00 bits per heavy atom. The molecule has 20 heavy (non-hydrogen) atoms. The minimum absolute atomic E-state index is 0. The van der Waals surface area contributed by atoms with E-state index >= 15 is 0 Å². The topological polar surface area (TPSA) is 126 Å². The number of carbonyl (C=O) groups excluding carboxylic acids is 1. The lowest BCUT2D eigenvalue weighted by molar-refractivity contribution is -0.308. The molecule has 0 bridgehead atoms. The Balaban J connectivity index is 0. The van der Waals surface area contributed by atoms with Gasteiger partial charge in [-0.15, -0.1) is 0 Å². The van der Waals surface area contributed by atoms with Gasteiger partial charge in [-0.05, 0) is 13.0 Å². The van der Waals surface area contributed by atoms with E-state index in [1.165, 1.54) is 32.1 Å². The Morgan fingerprint density at radius 2 is 1.55 bits per heavy atom. The van der Waals surface area contributed by atoms with Crippen molar-refractivity contribution in [3.05, 3.63) is 0 Å². The van der Waals surface area contributed by atoms with Crippen molar-refractivity contribution in [2.75, 3.05) is 6.54 Å². The van der Waals surface area contributed by atoms with Gasteiger partial charge in [0.15, 0.2) is 0 Å². The first-order valence-corrected chi connectivity index (χ1v) is 7.24. The second kappa shape index (κ2) is 14.3. The van der Waals surface area contributed by atoms with E-state index in [0.29, 0.717) is 6.54 Å². The number of quaternary nitrogens is 1. The zero-order valence-corrected chi connectivity index (χ0v) is 12.8. The molecule has 0 aromatic heterocycles. The van der Waals surface area contributed by atoms with Gasteiger partial charge >= 0.3 is 5.97 Å². The van der Waals surface area contributed by atoms with Crippen molar-refractivity contribution in [2.45, 2.75) is 70.8 Å². The third-order valence-corrected chi connectivity index (χ3v) is 3.08. The summed E-state index contributed by atoms with van der Waals surface area (Å²) in [6, 6.07) is -1.08. The first-order valence-electron chi connectivity index (χ1n) is 7.24. The maximum Gasteiger partial charge on any atom is 0.305 e. The highest BCUT2D eigenvalue weighted by Gasteiger charge is 2.12. The SMILES string of the molecule is CCCCCCCCCCN[C@@H](CC(=O)O)C(=O)[O-].[NH4+]. The predicted octanol–water partition coefficient (Wildman–Crippen LogP) is 1.69. The average Bonchev–Trinajstić information content (AvgIpc) is 2.34. The van der Waals surface area contributed by atoms with Crippen molar-refractivity contribution in [3.8, 4) is 0 Å². The van der Waals surface area contributed by atoms with Gasteiger partial charge in [-0.1, -0.05) is 51.9 Å². The number of unbranched alkanes of at least 4 members (excludes halogenated alkanes) is 7. The molecule has 6 nitrogen and oxygen atoms in total. The van der Waals surface area contributed by atoms with Gasteiger partial charge < -0.3 is 26.5 Å². The van der Waals surface area contributed by atoms with Crippen molar-refractivity contribution < 1.29 is 19.8 Å².